The van der Waals surface area contributed by atoms with Crippen LogP contribution in [-0.2, 0) is 7.05 Å². The zero-order chi connectivity index (χ0) is 8.15. The summed E-state index contributed by atoms with van der Waals surface area (Å²) in [6.07, 6.45) is 0. The predicted octanol–water partition coefficient (Wildman–Crippen LogP) is 2.42. The lowest BCUT2D eigenvalue weighted by Crippen LogP contribution is -1.88. The topological polar surface area (TPSA) is 20.7 Å². The van der Waals surface area contributed by atoms with Gasteiger partial charge in [-0.2, -0.15) is 0 Å². The molecule has 1 aromatic heterocycles. The third-order valence-corrected chi connectivity index (χ3v) is 1.41. The summed E-state index contributed by atoms with van der Waals surface area (Å²) in [6, 6.07) is 1.93. The van der Waals surface area contributed by atoms with E-state index in [2.05, 4.69) is 5.10 Å². The molecule has 0 saturated heterocycles. The summed E-state index contributed by atoms with van der Waals surface area (Å²) in [4.78, 5) is 0. The number of nitrogens with one attached hydrogen (secondary N) is 1. The van der Waals surface area contributed by atoms with E-state index in [0.29, 0.717) is 0 Å². The van der Waals surface area contributed by atoms with Gasteiger partial charge in [0, 0.05) is 12.7 Å². The Kier molecular flexibility index (Phi) is 4.03. The van der Waals surface area contributed by atoms with Crippen LogP contribution in [-0.4, -0.2) is 9.78 Å². The number of aromatic amines is 1. The molecular formula is C7H14N2S. The molecule has 1 aromatic rings. The lowest BCUT2D eigenvalue weighted by molar-refractivity contribution is 0.747. The van der Waals surface area contributed by atoms with Crippen molar-refractivity contribution in [3.8, 4) is 0 Å². The summed E-state index contributed by atoms with van der Waals surface area (Å²) < 4.78 is 2.66. The maximum absolute atomic E-state index is 4.91. The number of rotatable bonds is 0. The fraction of sp³-hybridized carbons (Fsp3) is 0.571. The zero-order valence-electron chi connectivity index (χ0n) is 6.93. The van der Waals surface area contributed by atoms with Crippen LogP contribution in [0.2, 0.25) is 0 Å². The van der Waals surface area contributed by atoms with Crippen LogP contribution in [0, 0.1) is 11.6 Å². The van der Waals surface area contributed by atoms with E-state index in [-0.39, 0.29) is 0 Å². The Balaban J connectivity index is 0.000000371. The first kappa shape index (κ1) is 9.43. The molecule has 0 aliphatic carbocycles. The van der Waals surface area contributed by atoms with E-state index in [1.807, 2.05) is 38.6 Å². The molecule has 2 nitrogen and oxygen atoms in total. The van der Waals surface area contributed by atoms with E-state index >= 15 is 0 Å². The van der Waals surface area contributed by atoms with E-state index in [1.54, 1.807) is 0 Å². The Morgan fingerprint density at radius 2 is 2.00 bits per heavy atom. The first-order valence-electron chi connectivity index (χ1n) is 3.43. The van der Waals surface area contributed by atoms with Crippen LogP contribution in [0.3, 0.4) is 0 Å². The molecule has 0 radical (unpaired) electrons. The summed E-state index contributed by atoms with van der Waals surface area (Å²) in [5.41, 5.74) is 1.11. The Labute approximate surface area is 66.9 Å². The molecule has 58 valence electrons. The van der Waals surface area contributed by atoms with Gasteiger partial charge in [-0.3, -0.25) is 4.68 Å². The summed E-state index contributed by atoms with van der Waals surface area (Å²) in [6.45, 7) is 5.98. The average molecular weight is 158 g/mol. The second-order valence-electron chi connectivity index (χ2n) is 1.84. The average Bonchev–Trinajstić information content (AvgIpc) is 2.16. The molecule has 0 atom stereocenters. The number of nitrogens with zero attached hydrogens (tertiary/aromatic N) is 1. The molecule has 3 heteroatoms. The molecule has 1 N–H and O–H groups in total. The first-order chi connectivity index (χ1) is 4.70. The highest BCUT2D eigenvalue weighted by Crippen LogP contribution is 1.92. The van der Waals surface area contributed by atoms with Gasteiger partial charge in [0.2, 0.25) is 0 Å². The van der Waals surface area contributed by atoms with Gasteiger partial charge in [-0.1, -0.05) is 26.1 Å². The molecule has 0 saturated carbocycles. The van der Waals surface area contributed by atoms with Crippen LogP contribution in [0.4, 0.5) is 0 Å². The monoisotopic (exact) mass is 158 g/mol. The molecule has 1 rings (SSSR count). The quantitative estimate of drug-likeness (QED) is 0.575. The minimum Gasteiger partial charge on any atom is -0.302 e. The van der Waals surface area contributed by atoms with Crippen LogP contribution >= 0.6 is 12.2 Å². The largest absolute Gasteiger partial charge is 0.302 e. The SMILES string of the molecule is CC.Cc1cc(=S)n(C)[nH]1. The number of H-pyrrole nitrogens is 1. The van der Waals surface area contributed by atoms with E-state index in [0.717, 1.165) is 10.3 Å². The molecule has 10 heavy (non-hydrogen) atoms. The predicted molar refractivity (Wildman–Crippen MR) is 46.7 cm³/mol. The van der Waals surface area contributed by atoms with Gasteiger partial charge in [-0.25, -0.2) is 0 Å². The number of aromatic nitrogens is 2. The van der Waals surface area contributed by atoms with E-state index < -0.39 is 0 Å². The number of hydrogen-bond acceptors (Lipinski definition) is 1. The zero-order valence-corrected chi connectivity index (χ0v) is 7.75. The first-order valence-corrected chi connectivity index (χ1v) is 3.83. The standard InChI is InChI=1S/C5H8N2S.C2H6/c1-4-3-5(8)7(2)6-4;1-2/h3,6H,1-2H3;1-2H3. The number of aryl methyl sites for hydroxylation is 2. The molecule has 1 heterocycles. The molecule has 0 aliphatic rings. The van der Waals surface area contributed by atoms with Gasteiger partial charge in [0.1, 0.15) is 4.64 Å². The highest BCUT2D eigenvalue weighted by atomic mass is 32.1. The van der Waals surface area contributed by atoms with Gasteiger partial charge in [0.25, 0.3) is 0 Å². The highest BCUT2D eigenvalue weighted by Gasteiger charge is 1.85. The van der Waals surface area contributed by atoms with Crippen LogP contribution in [0.15, 0.2) is 6.07 Å². The number of hydrogen-bond donors (Lipinski definition) is 1. The van der Waals surface area contributed by atoms with Crippen molar-refractivity contribution in [2.75, 3.05) is 0 Å². The summed E-state index contributed by atoms with van der Waals surface area (Å²) in [7, 11) is 1.90. The minimum absolute atomic E-state index is 0.850. The second kappa shape index (κ2) is 4.28. The van der Waals surface area contributed by atoms with Crippen molar-refractivity contribution in [2.45, 2.75) is 20.8 Å². The molecule has 0 bridgehead atoms. The van der Waals surface area contributed by atoms with Gasteiger partial charge in [0.05, 0.1) is 0 Å². The third kappa shape index (κ3) is 2.35. The van der Waals surface area contributed by atoms with Crippen LogP contribution < -0.4 is 0 Å². The summed E-state index contributed by atoms with van der Waals surface area (Å²) in [5.74, 6) is 0. The lowest BCUT2D eigenvalue weighted by Gasteiger charge is -1.85. The second-order valence-corrected chi connectivity index (χ2v) is 2.25. The molecule has 0 amide bonds. The van der Waals surface area contributed by atoms with Crippen molar-refractivity contribution in [3.63, 3.8) is 0 Å². The van der Waals surface area contributed by atoms with Crippen LogP contribution in [0.25, 0.3) is 0 Å². The minimum atomic E-state index is 0.850. The van der Waals surface area contributed by atoms with Crippen molar-refractivity contribution >= 4 is 12.2 Å². The Morgan fingerprint density at radius 3 is 2.10 bits per heavy atom. The smallest absolute Gasteiger partial charge is 0.121 e. The normalized spacial score (nSPS) is 8.40. The highest BCUT2D eigenvalue weighted by molar-refractivity contribution is 7.71. The van der Waals surface area contributed by atoms with E-state index in [1.165, 1.54) is 0 Å². The molecule has 0 unspecified atom stereocenters. The van der Waals surface area contributed by atoms with Crippen molar-refractivity contribution in [3.05, 3.63) is 16.4 Å². The molecule has 0 aliphatic heterocycles. The summed E-state index contributed by atoms with van der Waals surface area (Å²) >= 11 is 4.91. The summed E-state index contributed by atoms with van der Waals surface area (Å²) in [5, 5.41) is 3.02. The van der Waals surface area contributed by atoms with Gasteiger partial charge >= 0.3 is 0 Å². The van der Waals surface area contributed by atoms with Gasteiger partial charge in [-0.15, -0.1) is 0 Å². The molecule has 0 aromatic carbocycles. The maximum Gasteiger partial charge on any atom is 0.121 e. The van der Waals surface area contributed by atoms with Gasteiger partial charge in [-0.05, 0) is 13.0 Å². The third-order valence-electron chi connectivity index (χ3n) is 1.01. The Morgan fingerprint density at radius 1 is 1.50 bits per heavy atom. The van der Waals surface area contributed by atoms with E-state index in [4.69, 9.17) is 12.2 Å². The van der Waals surface area contributed by atoms with E-state index in [9.17, 15) is 0 Å². The molecular weight excluding hydrogens is 144 g/mol. The van der Waals surface area contributed by atoms with Crippen LogP contribution in [0.1, 0.15) is 19.5 Å². The molecule has 0 spiro atoms. The van der Waals surface area contributed by atoms with Gasteiger partial charge in [0.15, 0.2) is 0 Å². The van der Waals surface area contributed by atoms with Crippen LogP contribution in [0.5, 0.6) is 0 Å². The van der Waals surface area contributed by atoms with Crippen molar-refractivity contribution < 1.29 is 0 Å². The van der Waals surface area contributed by atoms with Gasteiger partial charge < -0.3 is 5.10 Å². The van der Waals surface area contributed by atoms with Crippen molar-refractivity contribution in [1.82, 2.24) is 9.78 Å². The van der Waals surface area contributed by atoms with Crippen molar-refractivity contribution in [1.29, 1.82) is 0 Å². The Hall–Kier alpha value is -0.570. The fourth-order valence-corrected chi connectivity index (χ4v) is 0.856. The fourth-order valence-electron chi connectivity index (χ4n) is 0.634. The Bertz CT molecular complexity index is 234. The maximum atomic E-state index is 4.91. The molecule has 0 fully saturated rings. The van der Waals surface area contributed by atoms with Crippen molar-refractivity contribution in [2.24, 2.45) is 7.05 Å². The lowest BCUT2D eigenvalue weighted by atomic mass is 10.5.